The Bertz CT molecular complexity index is 4640. The molecule has 0 saturated heterocycles. The molecule has 0 amide bonds. The van der Waals surface area contributed by atoms with Crippen LogP contribution in [0, 0.1) is 0 Å². The monoisotopic (exact) mass is 973 g/mol. The Hall–Kier alpha value is -9.52. The number of para-hydroxylation sites is 4. The first-order valence-electron chi connectivity index (χ1n) is 26.4. The van der Waals surface area contributed by atoms with E-state index in [1.807, 2.05) is 0 Å². The van der Waals surface area contributed by atoms with E-state index in [-0.39, 0.29) is 12.1 Å². The van der Waals surface area contributed by atoms with E-state index in [4.69, 9.17) is 8.83 Å². The Morgan fingerprint density at radius 2 is 0.816 bits per heavy atom. The van der Waals surface area contributed by atoms with E-state index in [2.05, 4.69) is 272 Å². The van der Waals surface area contributed by atoms with Crippen molar-refractivity contribution in [1.29, 1.82) is 0 Å². The highest BCUT2D eigenvalue weighted by Crippen LogP contribution is 2.51. The van der Waals surface area contributed by atoms with E-state index in [1.165, 1.54) is 54.9 Å². The highest BCUT2D eigenvalue weighted by Gasteiger charge is 2.45. The predicted molar refractivity (Wildman–Crippen MR) is 319 cm³/mol. The Labute approximate surface area is 440 Å². The lowest BCUT2D eigenvalue weighted by atomic mass is 9.33. The number of hydrogen-bond acceptors (Lipinski definition) is 4. The molecule has 5 nitrogen and oxygen atoms in total. The molecule has 358 valence electrons. The van der Waals surface area contributed by atoms with E-state index >= 15 is 0 Å². The quantitative estimate of drug-likeness (QED) is 0.161. The topological polar surface area (TPSA) is 37.7 Å². The molecule has 14 aromatic rings. The molecule has 2 aliphatic rings. The van der Waals surface area contributed by atoms with Crippen LogP contribution in [0.15, 0.2) is 245 Å². The molecule has 76 heavy (non-hydrogen) atoms. The van der Waals surface area contributed by atoms with Gasteiger partial charge in [0.15, 0.2) is 0 Å². The molecule has 0 fully saturated rings. The molecule has 3 aromatic heterocycles. The van der Waals surface area contributed by atoms with Crippen LogP contribution in [0.2, 0.25) is 0 Å². The van der Waals surface area contributed by atoms with Crippen LogP contribution in [-0.4, -0.2) is 11.3 Å². The molecule has 0 spiro atoms. The maximum Gasteiger partial charge on any atom is 0.252 e. The van der Waals surface area contributed by atoms with Gasteiger partial charge in [-0.3, -0.25) is 0 Å². The maximum absolute atomic E-state index is 6.72. The zero-order valence-corrected chi connectivity index (χ0v) is 42.3. The van der Waals surface area contributed by atoms with Gasteiger partial charge >= 0.3 is 0 Å². The largest absolute Gasteiger partial charge is 0.456 e. The van der Waals surface area contributed by atoms with Gasteiger partial charge < -0.3 is 23.2 Å². The van der Waals surface area contributed by atoms with Crippen LogP contribution in [0.5, 0.6) is 0 Å². The fraction of sp³-hybridized carbons (Fsp3) is 0.0571. The average Bonchev–Trinajstić information content (AvgIpc) is 4.27. The van der Waals surface area contributed by atoms with Gasteiger partial charge in [-0.15, -0.1) is 0 Å². The van der Waals surface area contributed by atoms with E-state index in [0.717, 1.165) is 94.8 Å². The fourth-order valence-electron chi connectivity index (χ4n) is 12.9. The number of fused-ring (bicyclic) bond motifs is 13. The summed E-state index contributed by atoms with van der Waals surface area (Å²) in [6, 6.07) is 87.0. The third kappa shape index (κ3) is 6.22. The summed E-state index contributed by atoms with van der Waals surface area (Å²) in [5.74, 6) is 0. The van der Waals surface area contributed by atoms with E-state index < -0.39 is 0 Å². The van der Waals surface area contributed by atoms with Gasteiger partial charge in [-0.25, -0.2) is 0 Å². The first-order chi connectivity index (χ1) is 37.3. The summed E-state index contributed by atoms with van der Waals surface area (Å²) in [5, 5.41) is 6.80. The number of benzene rings is 11. The first-order valence-corrected chi connectivity index (χ1v) is 26.4. The maximum atomic E-state index is 6.72. The second kappa shape index (κ2) is 16.0. The molecule has 11 aromatic carbocycles. The zero-order valence-electron chi connectivity index (χ0n) is 42.3. The van der Waals surface area contributed by atoms with Crippen molar-refractivity contribution in [3.63, 3.8) is 0 Å². The standard InChI is InChI=1S/C70H48BN3O2/c1-70(2,3)47-34-31-44(32-35-47)46-40-61-69-62(41-46)74(60-26-16-30-66-68(60)52-22-10-14-28-64(52)76-66)58-38-36-48(72-55-23-11-7-19-49(55)50-20-8-12-24-56(50)72)42-54(58)71(69)53-39-45(43-17-5-4-6-18-43)33-37-57(53)73(61)59-25-15-29-65-67(59)51-21-9-13-27-63(51)75-65/h4-42H,1-3H3. The van der Waals surface area contributed by atoms with Gasteiger partial charge in [0.2, 0.25) is 0 Å². The summed E-state index contributed by atoms with van der Waals surface area (Å²) in [5.41, 5.74) is 23.1. The molecular formula is C70H48BN3O2. The minimum atomic E-state index is -0.183. The highest BCUT2D eigenvalue weighted by atomic mass is 16.3. The van der Waals surface area contributed by atoms with Gasteiger partial charge in [0.25, 0.3) is 6.71 Å². The van der Waals surface area contributed by atoms with Crippen LogP contribution in [0.4, 0.5) is 34.1 Å². The minimum absolute atomic E-state index is 0.00337. The Balaban J connectivity index is 1.07. The van der Waals surface area contributed by atoms with Crippen molar-refractivity contribution in [2.75, 3.05) is 9.80 Å². The van der Waals surface area contributed by atoms with Crippen LogP contribution in [0.25, 0.3) is 93.6 Å². The molecule has 0 bridgehead atoms. The lowest BCUT2D eigenvalue weighted by molar-refractivity contribution is 0.590. The number of nitrogens with zero attached hydrogens (tertiary/aromatic N) is 3. The molecule has 16 rings (SSSR count). The zero-order chi connectivity index (χ0) is 50.4. The van der Waals surface area contributed by atoms with E-state index in [9.17, 15) is 0 Å². The van der Waals surface area contributed by atoms with Crippen LogP contribution >= 0.6 is 0 Å². The van der Waals surface area contributed by atoms with Gasteiger partial charge in [0, 0.05) is 50.0 Å². The molecule has 0 radical (unpaired) electrons. The van der Waals surface area contributed by atoms with Crippen molar-refractivity contribution < 1.29 is 8.83 Å². The molecular weight excluding hydrogens is 926 g/mol. The number of rotatable bonds is 5. The summed E-state index contributed by atoms with van der Waals surface area (Å²) >= 11 is 0. The summed E-state index contributed by atoms with van der Waals surface area (Å²) in [7, 11) is 0. The molecule has 0 atom stereocenters. The lowest BCUT2D eigenvalue weighted by Gasteiger charge is -2.45. The lowest BCUT2D eigenvalue weighted by Crippen LogP contribution is -2.61. The summed E-state index contributed by atoms with van der Waals surface area (Å²) in [4.78, 5) is 5.10. The molecule has 0 unspecified atom stereocenters. The number of furan rings is 2. The Morgan fingerprint density at radius 1 is 0.342 bits per heavy atom. The Kier molecular flexibility index (Phi) is 9.04. The van der Waals surface area contributed by atoms with Crippen LogP contribution in [0.1, 0.15) is 26.3 Å². The first kappa shape index (κ1) is 42.9. The summed E-state index contributed by atoms with van der Waals surface area (Å²) in [6.07, 6.45) is 0. The fourth-order valence-corrected chi connectivity index (χ4v) is 12.9. The van der Waals surface area contributed by atoms with Crippen LogP contribution in [0.3, 0.4) is 0 Å². The normalized spacial score (nSPS) is 13.1. The van der Waals surface area contributed by atoms with E-state index in [1.54, 1.807) is 0 Å². The number of aromatic nitrogens is 1. The van der Waals surface area contributed by atoms with Gasteiger partial charge in [-0.1, -0.05) is 172 Å². The summed E-state index contributed by atoms with van der Waals surface area (Å²) < 4.78 is 15.9. The van der Waals surface area contributed by atoms with Crippen molar-refractivity contribution in [1.82, 2.24) is 4.57 Å². The molecule has 0 aliphatic carbocycles. The van der Waals surface area contributed by atoms with Crippen LogP contribution < -0.4 is 26.2 Å². The number of anilines is 6. The second-order valence-corrected chi connectivity index (χ2v) is 21.6. The predicted octanol–water partition coefficient (Wildman–Crippen LogP) is 17.3. The van der Waals surface area contributed by atoms with Gasteiger partial charge in [0.05, 0.1) is 33.2 Å². The van der Waals surface area contributed by atoms with Gasteiger partial charge in [-0.05, 0) is 135 Å². The van der Waals surface area contributed by atoms with Crippen molar-refractivity contribution in [3.8, 4) is 27.9 Å². The second-order valence-electron chi connectivity index (χ2n) is 21.6. The molecule has 0 N–H and O–H groups in total. The Morgan fingerprint density at radius 3 is 1.39 bits per heavy atom. The average molecular weight is 974 g/mol. The third-order valence-corrected chi connectivity index (χ3v) is 16.3. The van der Waals surface area contributed by atoms with Gasteiger partial charge in [0.1, 0.15) is 22.3 Å². The minimum Gasteiger partial charge on any atom is -0.456 e. The van der Waals surface area contributed by atoms with Gasteiger partial charge in [-0.2, -0.15) is 0 Å². The van der Waals surface area contributed by atoms with Crippen LogP contribution in [-0.2, 0) is 5.41 Å². The van der Waals surface area contributed by atoms with Crippen molar-refractivity contribution in [2.24, 2.45) is 0 Å². The molecule has 0 saturated carbocycles. The number of hydrogen-bond donors (Lipinski definition) is 0. The van der Waals surface area contributed by atoms with Crippen molar-refractivity contribution >= 4 is 123 Å². The molecule has 2 aliphatic heterocycles. The smallest absolute Gasteiger partial charge is 0.252 e. The third-order valence-electron chi connectivity index (χ3n) is 16.3. The summed E-state index contributed by atoms with van der Waals surface area (Å²) in [6.45, 7) is 6.67. The molecule has 5 heterocycles. The van der Waals surface area contributed by atoms with E-state index in [0.29, 0.717) is 0 Å². The molecule has 6 heteroatoms. The van der Waals surface area contributed by atoms with Crippen molar-refractivity contribution in [2.45, 2.75) is 26.2 Å². The van der Waals surface area contributed by atoms with Crippen molar-refractivity contribution in [3.05, 3.63) is 242 Å². The SMILES string of the molecule is CC(C)(C)c1ccc(-c2cc3c4c(c2)N(c2cccc5oc6ccccc6c25)c2ccc(-n5c6ccccc6c6ccccc65)cc2B4c2cc(-c4ccccc4)ccc2N3c2cccc3oc4ccccc4c23)cc1. The highest BCUT2D eigenvalue weighted by molar-refractivity contribution is 7.00.